The zero-order chi connectivity index (χ0) is 9.14. The Balaban J connectivity index is 0.00000144. The van der Waals surface area contributed by atoms with E-state index in [9.17, 15) is 14.7 Å². The predicted octanol–water partition coefficient (Wildman–Crippen LogP) is -4.32. The number of carboxylic acids is 1. The van der Waals surface area contributed by atoms with Crippen molar-refractivity contribution in [2.75, 3.05) is 5.32 Å². The van der Waals surface area contributed by atoms with Gasteiger partial charge in [-0.1, -0.05) is 5.16 Å². The molecule has 0 bridgehead atoms. The van der Waals surface area contributed by atoms with Crippen LogP contribution < -0.4 is 40.0 Å². The number of carbonyl (C=O) groups is 2. The molecule has 6 nitrogen and oxygen atoms in total. The third kappa shape index (κ3) is 3.58. The van der Waals surface area contributed by atoms with Crippen LogP contribution in [-0.4, -0.2) is 17.0 Å². The molecule has 0 aromatic carbocycles. The predicted molar refractivity (Wildman–Crippen MR) is 34.9 cm³/mol. The number of aromatic nitrogens is 1. The summed E-state index contributed by atoms with van der Waals surface area (Å²) in [6.07, 6.45) is 0. The SMILES string of the molecule is Cc1cc(NC(=O)C(=O)[O-])no1.[Na+]. The molecule has 64 valence electrons. The van der Waals surface area contributed by atoms with Crippen LogP contribution in [0.4, 0.5) is 5.82 Å². The number of nitrogens with one attached hydrogen (secondary N) is 1. The first-order valence-electron chi connectivity index (χ1n) is 3.05. The second-order valence-corrected chi connectivity index (χ2v) is 2.06. The number of aryl methyl sites for hydroxylation is 1. The molecule has 0 fully saturated rings. The van der Waals surface area contributed by atoms with E-state index in [1.807, 2.05) is 5.32 Å². The number of nitrogens with zero attached hydrogens (tertiary/aromatic N) is 1. The Hall–Kier alpha value is -0.850. The van der Waals surface area contributed by atoms with Gasteiger partial charge in [-0.25, -0.2) is 0 Å². The summed E-state index contributed by atoms with van der Waals surface area (Å²) in [6.45, 7) is 1.61. The number of aliphatic carboxylic acids is 1. The molecule has 13 heavy (non-hydrogen) atoms. The molecule has 1 heterocycles. The van der Waals surface area contributed by atoms with Crippen molar-refractivity contribution < 1.29 is 48.8 Å². The molecule has 0 spiro atoms. The van der Waals surface area contributed by atoms with Crippen LogP contribution in [0.25, 0.3) is 0 Å². The molecule has 1 aromatic rings. The van der Waals surface area contributed by atoms with Crippen LogP contribution in [0.2, 0.25) is 0 Å². The molecule has 0 saturated heterocycles. The number of anilines is 1. The van der Waals surface area contributed by atoms with Crippen molar-refractivity contribution in [3.05, 3.63) is 11.8 Å². The van der Waals surface area contributed by atoms with Crippen molar-refractivity contribution in [2.45, 2.75) is 6.92 Å². The Kier molecular flexibility index (Phi) is 4.68. The largest absolute Gasteiger partial charge is 1.00 e. The van der Waals surface area contributed by atoms with E-state index < -0.39 is 11.9 Å². The minimum Gasteiger partial charge on any atom is -0.540 e. The Morgan fingerprint density at radius 3 is 2.62 bits per heavy atom. The number of rotatable bonds is 1. The van der Waals surface area contributed by atoms with E-state index in [2.05, 4.69) is 9.68 Å². The summed E-state index contributed by atoms with van der Waals surface area (Å²) in [5, 5.41) is 15.2. The summed E-state index contributed by atoms with van der Waals surface area (Å²) in [7, 11) is 0. The Labute approximate surface area is 95.6 Å². The van der Waals surface area contributed by atoms with Gasteiger partial charge in [0.1, 0.15) is 11.7 Å². The molecule has 0 unspecified atom stereocenters. The van der Waals surface area contributed by atoms with Crippen LogP contribution >= 0.6 is 0 Å². The fourth-order valence-corrected chi connectivity index (χ4v) is 0.593. The minimum atomic E-state index is -1.81. The van der Waals surface area contributed by atoms with E-state index >= 15 is 0 Å². The van der Waals surface area contributed by atoms with Crippen LogP contribution in [0.5, 0.6) is 0 Å². The van der Waals surface area contributed by atoms with E-state index in [4.69, 9.17) is 0 Å². The van der Waals surface area contributed by atoms with Gasteiger partial charge >= 0.3 is 29.6 Å². The van der Waals surface area contributed by atoms with Gasteiger partial charge in [0.15, 0.2) is 5.82 Å². The van der Waals surface area contributed by atoms with Gasteiger partial charge in [-0.05, 0) is 6.92 Å². The Bertz CT molecular complexity index is 322. The molecular weight excluding hydrogens is 187 g/mol. The number of hydrogen-bond acceptors (Lipinski definition) is 5. The molecule has 1 aromatic heterocycles. The van der Waals surface area contributed by atoms with E-state index in [-0.39, 0.29) is 35.4 Å². The molecule has 1 N–H and O–H groups in total. The second-order valence-electron chi connectivity index (χ2n) is 2.06. The maximum Gasteiger partial charge on any atom is 1.00 e. The molecule has 1 amide bonds. The fraction of sp³-hybridized carbons (Fsp3) is 0.167. The monoisotopic (exact) mass is 192 g/mol. The summed E-state index contributed by atoms with van der Waals surface area (Å²) in [5.41, 5.74) is 0. The van der Waals surface area contributed by atoms with E-state index in [1.165, 1.54) is 6.07 Å². The third-order valence-electron chi connectivity index (χ3n) is 1.05. The van der Waals surface area contributed by atoms with Gasteiger partial charge < -0.3 is 19.7 Å². The molecule has 1 rings (SSSR count). The smallest absolute Gasteiger partial charge is 0.540 e. The van der Waals surface area contributed by atoms with Crippen LogP contribution in [0, 0.1) is 6.92 Å². The van der Waals surface area contributed by atoms with Gasteiger partial charge in [0, 0.05) is 6.07 Å². The zero-order valence-electron chi connectivity index (χ0n) is 7.16. The Morgan fingerprint density at radius 2 is 2.23 bits per heavy atom. The summed E-state index contributed by atoms with van der Waals surface area (Å²) >= 11 is 0. The molecule has 0 aliphatic carbocycles. The quantitative estimate of drug-likeness (QED) is 0.358. The molecule has 7 heteroatoms. The van der Waals surface area contributed by atoms with Crippen molar-refractivity contribution in [2.24, 2.45) is 0 Å². The molecule has 0 atom stereocenters. The van der Waals surface area contributed by atoms with Crippen LogP contribution in [0.1, 0.15) is 5.76 Å². The summed E-state index contributed by atoms with van der Waals surface area (Å²) in [5.74, 6) is -2.52. The summed E-state index contributed by atoms with van der Waals surface area (Å²) < 4.78 is 4.57. The number of carboxylic acid groups (broad SMARTS) is 1. The van der Waals surface area contributed by atoms with E-state index in [0.29, 0.717) is 5.76 Å². The van der Waals surface area contributed by atoms with Gasteiger partial charge in [-0.15, -0.1) is 0 Å². The van der Waals surface area contributed by atoms with Gasteiger partial charge in [-0.2, -0.15) is 0 Å². The van der Waals surface area contributed by atoms with Crippen molar-refractivity contribution in [1.29, 1.82) is 0 Å². The van der Waals surface area contributed by atoms with Crippen LogP contribution in [-0.2, 0) is 9.59 Å². The summed E-state index contributed by atoms with van der Waals surface area (Å²) in [6, 6.07) is 1.39. The van der Waals surface area contributed by atoms with Gasteiger partial charge in [0.2, 0.25) is 0 Å². The first kappa shape index (κ1) is 12.2. The first-order valence-corrected chi connectivity index (χ1v) is 3.05. The average molecular weight is 192 g/mol. The first-order chi connectivity index (χ1) is 5.59. The van der Waals surface area contributed by atoms with Crippen LogP contribution in [0.15, 0.2) is 10.6 Å². The molecule has 0 saturated carbocycles. The van der Waals surface area contributed by atoms with Gasteiger partial charge in [0.25, 0.3) is 5.91 Å². The summed E-state index contributed by atoms with van der Waals surface area (Å²) in [4.78, 5) is 20.4. The molecule has 0 aliphatic heterocycles. The van der Waals surface area contributed by atoms with Gasteiger partial charge in [0.05, 0.1) is 0 Å². The maximum atomic E-state index is 10.5. The normalized spacial score (nSPS) is 8.69. The Morgan fingerprint density at radius 1 is 1.62 bits per heavy atom. The standard InChI is InChI=1S/C6H6N2O4.Na/c1-3-2-4(8-12-3)7-5(9)6(10)11;/h2H,1H3,(H,10,11)(H,7,8,9);/q;+1/p-1. The fourth-order valence-electron chi connectivity index (χ4n) is 0.593. The number of amides is 1. The second kappa shape index (κ2) is 5.00. The number of carbonyl (C=O) groups excluding carboxylic acids is 2. The van der Waals surface area contributed by atoms with Gasteiger partial charge in [-0.3, -0.25) is 4.79 Å². The number of hydrogen-bond donors (Lipinski definition) is 1. The zero-order valence-corrected chi connectivity index (χ0v) is 9.16. The molecule has 0 radical (unpaired) electrons. The topological polar surface area (TPSA) is 95.3 Å². The van der Waals surface area contributed by atoms with Crippen molar-refractivity contribution in [1.82, 2.24) is 5.16 Å². The molecular formula is C6H5N2NaO4. The van der Waals surface area contributed by atoms with Crippen molar-refractivity contribution in [3.8, 4) is 0 Å². The van der Waals surface area contributed by atoms with Crippen molar-refractivity contribution in [3.63, 3.8) is 0 Å². The van der Waals surface area contributed by atoms with E-state index in [0.717, 1.165) is 0 Å². The maximum absolute atomic E-state index is 10.5. The average Bonchev–Trinajstić information content (AvgIpc) is 2.35. The third-order valence-corrected chi connectivity index (χ3v) is 1.05. The van der Waals surface area contributed by atoms with Crippen molar-refractivity contribution >= 4 is 17.7 Å². The molecule has 0 aliphatic rings. The van der Waals surface area contributed by atoms with Crippen LogP contribution in [0.3, 0.4) is 0 Å². The van der Waals surface area contributed by atoms with E-state index in [1.54, 1.807) is 6.92 Å². The minimum absolute atomic E-state index is 0.